The van der Waals surface area contributed by atoms with Crippen molar-refractivity contribution >= 4 is 51.2 Å². The fourth-order valence-corrected chi connectivity index (χ4v) is 5.54. The second-order valence-corrected chi connectivity index (χ2v) is 11.6. The first-order chi connectivity index (χ1) is 20.8. The lowest BCUT2D eigenvalue weighted by Gasteiger charge is -2.15. The zero-order valence-electron chi connectivity index (χ0n) is 23.8. The second kappa shape index (κ2) is 13.5. The molecular formula is C35H27BrCl2N2O3. The van der Waals surface area contributed by atoms with Crippen molar-refractivity contribution in [3.8, 4) is 40.0 Å². The van der Waals surface area contributed by atoms with Gasteiger partial charge in [-0.25, -0.2) is 4.99 Å². The molecule has 0 N–H and O–H groups in total. The third-order valence-corrected chi connectivity index (χ3v) is 7.88. The van der Waals surface area contributed by atoms with E-state index in [0.29, 0.717) is 49.5 Å². The van der Waals surface area contributed by atoms with E-state index in [0.717, 1.165) is 33.4 Å². The molecule has 43 heavy (non-hydrogen) atoms. The van der Waals surface area contributed by atoms with E-state index in [-0.39, 0.29) is 12.5 Å². The maximum atomic E-state index is 10.3. The van der Waals surface area contributed by atoms with Crippen molar-refractivity contribution in [3.05, 3.63) is 121 Å². The van der Waals surface area contributed by atoms with Crippen LogP contribution in [0.15, 0.2) is 92.7 Å². The van der Waals surface area contributed by atoms with Gasteiger partial charge in [-0.3, -0.25) is 0 Å². The normalized spacial score (nSPS) is 11.1. The zero-order valence-corrected chi connectivity index (χ0v) is 26.8. The summed E-state index contributed by atoms with van der Waals surface area (Å²) in [5.41, 5.74) is 6.58. The average Bonchev–Trinajstić information content (AvgIpc) is 3.36. The quantitative estimate of drug-likeness (QED) is 0.146. The van der Waals surface area contributed by atoms with E-state index in [4.69, 9.17) is 37.1 Å². The molecular weight excluding hydrogens is 647 g/mol. The summed E-state index contributed by atoms with van der Waals surface area (Å²) < 4.78 is 19.0. The molecule has 0 radical (unpaired) electrons. The number of hydrogen-bond acceptors (Lipinski definition) is 5. The van der Waals surface area contributed by atoms with Crippen LogP contribution >= 0.6 is 39.1 Å². The molecule has 0 saturated carbocycles. The first-order valence-electron chi connectivity index (χ1n) is 13.6. The molecule has 5 rings (SSSR count). The van der Waals surface area contributed by atoms with E-state index >= 15 is 0 Å². The second-order valence-electron chi connectivity index (χ2n) is 9.88. The van der Waals surface area contributed by atoms with E-state index in [1.807, 2.05) is 87.5 Å². The Morgan fingerprint density at radius 3 is 2.21 bits per heavy atom. The number of halogens is 3. The average molecular weight is 674 g/mol. The van der Waals surface area contributed by atoms with Crippen LogP contribution in [0, 0.1) is 25.2 Å². The molecule has 0 saturated heterocycles. The van der Waals surface area contributed by atoms with Crippen molar-refractivity contribution in [1.82, 2.24) is 0 Å². The summed E-state index contributed by atoms with van der Waals surface area (Å²) in [6.07, 6.45) is 1.64. The van der Waals surface area contributed by atoms with Crippen LogP contribution in [0.1, 0.15) is 34.7 Å². The molecule has 0 aliphatic rings. The number of ether oxygens (including phenoxy) is 2. The molecule has 0 spiro atoms. The predicted molar refractivity (Wildman–Crippen MR) is 177 cm³/mol. The van der Waals surface area contributed by atoms with Gasteiger partial charge in [0, 0.05) is 33.0 Å². The van der Waals surface area contributed by atoms with Crippen LogP contribution in [0.2, 0.25) is 10.0 Å². The molecule has 216 valence electrons. The first-order valence-corrected chi connectivity index (χ1v) is 15.1. The minimum Gasteiger partial charge on any atom is -0.490 e. The summed E-state index contributed by atoms with van der Waals surface area (Å²) in [5.74, 6) is 1.88. The van der Waals surface area contributed by atoms with Gasteiger partial charge in [-0.05, 0) is 72.1 Å². The van der Waals surface area contributed by atoms with Crippen LogP contribution in [-0.4, -0.2) is 12.8 Å². The summed E-state index contributed by atoms with van der Waals surface area (Å²) in [7, 11) is 0. The largest absolute Gasteiger partial charge is 0.490 e. The van der Waals surface area contributed by atoms with Gasteiger partial charge >= 0.3 is 0 Å². The summed E-state index contributed by atoms with van der Waals surface area (Å²) in [5, 5.41) is 11.3. The Morgan fingerprint density at radius 2 is 1.58 bits per heavy atom. The van der Waals surface area contributed by atoms with Crippen LogP contribution in [0.25, 0.3) is 22.5 Å². The molecule has 0 unspecified atom stereocenters. The van der Waals surface area contributed by atoms with Crippen molar-refractivity contribution in [1.29, 1.82) is 5.26 Å². The lowest BCUT2D eigenvalue weighted by Crippen LogP contribution is -2.02. The Bertz CT molecular complexity index is 1840. The Balaban J connectivity index is 1.52. The fraction of sp³-hybridized carbons (Fsp3) is 0.143. The minimum absolute atomic E-state index is 0.223. The van der Waals surface area contributed by atoms with E-state index in [2.05, 4.69) is 27.0 Å². The minimum atomic E-state index is 0.223. The maximum Gasteiger partial charge on any atom is 0.238 e. The third kappa shape index (κ3) is 6.97. The van der Waals surface area contributed by atoms with Crippen LogP contribution < -0.4 is 9.47 Å². The van der Waals surface area contributed by atoms with Crippen LogP contribution in [-0.2, 0) is 6.61 Å². The SMILES string of the molecule is CCOc1cc(C=Nc2oc(-c3ccc(C)cc3)c(-c3ccc(C)cc3)c2C#N)cc(Br)c1OCc1ccc(Cl)cc1Cl. The molecule has 4 aromatic carbocycles. The molecule has 0 bridgehead atoms. The van der Waals surface area contributed by atoms with Gasteiger partial charge in [-0.15, -0.1) is 0 Å². The molecule has 8 heteroatoms. The number of nitriles is 1. The lowest BCUT2D eigenvalue weighted by molar-refractivity contribution is 0.267. The highest BCUT2D eigenvalue weighted by molar-refractivity contribution is 9.10. The van der Waals surface area contributed by atoms with Gasteiger partial charge in [0.05, 0.1) is 11.1 Å². The maximum absolute atomic E-state index is 10.3. The van der Waals surface area contributed by atoms with Crippen molar-refractivity contribution in [3.63, 3.8) is 0 Å². The molecule has 0 aliphatic heterocycles. The molecule has 0 aliphatic carbocycles. The lowest BCUT2D eigenvalue weighted by atomic mass is 9.97. The smallest absolute Gasteiger partial charge is 0.238 e. The summed E-state index contributed by atoms with van der Waals surface area (Å²) in [6.45, 7) is 6.61. The molecule has 5 nitrogen and oxygen atoms in total. The van der Waals surface area contributed by atoms with E-state index in [1.54, 1.807) is 18.3 Å². The van der Waals surface area contributed by atoms with Gasteiger partial charge in [0.15, 0.2) is 11.5 Å². The van der Waals surface area contributed by atoms with Gasteiger partial charge in [0.25, 0.3) is 0 Å². The topological polar surface area (TPSA) is 67.8 Å². The number of aliphatic imine (C=N–C) groups is 1. The third-order valence-electron chi connectivity index (χ3n) is 6.71. The Morgan fingerprint density at radius 1 is 0.907 bits per heavy atom. The summed E-state index contributed by atoms with van der Waals surface area (Å²) in [4.78, 5) is 4.64. The number of hydrogen-bond donors (Lipinski definition) is 0. The van der Waals surface area contributed by atoms with Crippen LogP contribution in [0.5, 0.6) is 11.5 Å². The highest BCUT2D eigenvalue weighted by atomic mass is 79.9. The number of nitrogens with zero attached hydrogens (tertiary/aromatic N) is 2. The molecule has 5 aromatic rings. The zero-order chi connectivity index (χ0) is 30.5. The van der Waals surface area contributed by atoms with Crippen molar-refractivity contribution in [2.75, 3.05) is 6.61 Å². The number of rotatable bonds is 9. The Kier molecular flexibility index (Phi) is 9.57. The fourth-order valence-electron chi connectivity index (χ4n) is 4.50. The standard InChI is InChI=1S/C35H27BrCl2N2O3/c1-4-41-31-16-23(15-29(36)34(31)42-20-26-13-14-27(37)17-30(26)38)19-40-35-28(18-39)32(24-9-5-21(2)6-10-24)33(43-35)25-11-7-22(3)8-12-25/h5-17,19H,4,20H2,1-3H3. The molecule has 1 aromatic heterocycles. The molecule has 1 heterocycles. The molecule has 0 amide bonds. The van der Waals surface area contributed by atoms with Gasteiger partial charge in [-0.1, -0.05) is 88.9 Å². The highest BCUT2D eigenvalue weighted by Gasteiger charge is 2.23. The van der Waals surface area contributed by atoms with Crippen LogP contribution in [0.4, 0.5) is 5.88 Å². The molecule has 0 fully saturated rings. The van der Waals surface area contributed by atoms with Gasteiger partial charge in [-0.2, -0.15) is 5.26 Å². The number of aryl methyl sites for hydroxylation is 2. The van der Waals surface area contributed by atoms with Crippen molar-refractivity contribution < 1.29 is 13.9 Å². The summed E-state index contributed by atoms with van der Waals surface area (Å²) >= 11 is 16.0. The highest BCUT2D eigenvalue weighted by Crippen LogP contribution is 2.43. The van der Waals surface area contributed by atoms with Gasteiger partial charge in [0.2, 0.25) is 5.88 Å². The summed E-state index contributed by atoms with van der Waals surface area (Å²) in [6, 6.07) is 27.3. The Labute approximate surface area is 269 Å². The van der Waals surface area contributed by atoms with Crippen molar-refractivity contribution in [2.45, 2.75) is 27.4 Å². The van der Waals surface area contributed by atoms with Crippen LogP contribution in [0.3, 0.4) is 0 Å². The van der Waals surface area contributed by atoms with Crippen molar-refractivity contribution in [2.24, 2.45) is 4.99 Å². The first kappa shape index (κ1) is 30.4. The van der Waals surface area contributed by atoms with E-state index in [1.165, 1.54) is 0 Å². The number of benzene rings is 4. The Hall–Kier alpha value is -4.02. The van der Waals surface area contributed by atoms with E-state index < -0.39 is 0 Å². The van der Waals surface area contributed by atoms with Gasteiger partial charge in [0.1, 0.15) is 24.0 Å². The molecule has 0 atom stereocenters. The monoisotopic (exact) mass is 672 g/mol. The van der Waals surface area contributed by atoms with E-state index in [9.17, 15) is 5.26 Å². The number of furan rings is 1. The predicted octanol–water partition coefficient (Wildman–Crippen LogP) is 10.9. The van der Waals surface area contributed by atoms with Gasteiger partial charge < -0.3 is 13.9 Å².